The molecule has 0 heterocycles. The fraction of sp³-hybridized carbons (Fsp3) is 0.500. The van der Waals surface area contributed by atoms with Crippen molar-refractivity contribution in [2.24, 2.45) is 0 Å². The van der Waals surface area contributed by atoms with Crippen LogP contribution in [0.5, 0.6) is 0 Å². The topological polar surface area (TPSA) is 37.4 Å². The molecule has 17 heavy (non-hydrogen) atoms. The van der Waals surface area contributed by atoms with Crippen LogP contribution < -0.4 is 0 Å². The molecule has 1 fully saturated rings. The van der Waals surface area contributed by atoms with Gasteiger partial charge in [-0.25, -0.2) is 8.42 Å². The summed E-state index contributed by atoms with van der Waals surface area (Å²) in [6.07, 6.45) is 2.71. The van der Waals surface area contributed by atoms with Crippen molar-refractivity contribution in [2.45, 2.75) is 30.2 Å². The van der Waals surface area contributed by atoms with Crippen LogP contribution >= 0.6 is 11.6 Å². The minimum atomic E-state index is -3.31. The number of rotatable bonds is 5. The second-order valence-corrected chi connectivity index (χ2v) is 6.71. The lowest BCUT2D eigenvalue weighted by Gasteiger charge is -2.16. The number of aryl methyl sites for hydroxylation is 1. The van der Waals surface area contributed by atoms with Crippen molar-refractivity contribution in [1.29, 1.82) is 0 Å². The molecule has 0 atom stereocenters. The van der Waals surface area contributed by atoms with E-state index in [4.69, 9.17) is 11.6 Å². The number of alkyl halides is 1. The Hall–Kier alpha value is -0.580. The van der Waals surface area contributed by atoms with E-state index in [0.717, 1.165) is 24.8 Å². The van der Waals surface area contributed by atoms with Gasteiger partial charge in [0.05, 0.1) is 4.90 Å². The smallest absolute Gasteiger partial charge is 0.207 e. The van der Waals surface area contributed by atoms with Crippen molar-refractivity contribution in [3.63, 3.8) is 0 Å². The maximum Gasteiger partial charge on any atom is 0.243 e. The largest absolute Gasteiger partial charge is 0.243 e. The molecular weight excluding hydrogens is 258 g/mol. The van der Waals surface area contributed by atoms with Crippen LogP contribution in [0.25, 0.3) is 0 Å². The van der Waals surface area contributed by atoms with Crippen LogP contribution in [0.3, 0.4) is 0 Å². The van der Waals surface area contributed by atoms with Gasteiger partial charge in [0.25, 0.3) is 0 Å². The van der Waals surface area contributed by atoms with E-state index in [1.807, 2.05) is 12.1 Å². The van der Waals surface area contributed by atoms with Crippen LogP contribution in [0.1, 0.15) is 18.4 Å². The van der Waals surface area contributed by atoms with E-state index >= 15 is 0 Å². The van der Waals surface area contributed by atoms with Crippen LogP contribution in [0.2, 0.25) is 0 Å². The first-order valence-electron chi connectivity index (χ1n) is 5.68. The van der Waals surface area contributed by atoms with Gasteiger partial charge < -0.3 is 0 Å². The van der Waals surface area contributed by atoms with Crippen LogP contribution in [0.15, 0.2) is 29.2 Å². The molecule has 1 aromatic rings. The normalized spacial score (nSPS) is 16.4. The Morgan fingerprint density at radius 2 is 1.88 bits per heavy atom. The molecule has 0 aliphatic heterocycles. The fourth-order valence-corrected chi connectivity index (χ4v) is 3.37. The number of sulfonamides is 1. The standard InChI is InChI=1S/C12H16ClNO2S/c1-14(11-4-5-11)17(15,16)12-6-2-10(3-7-12)8-9-13/h2-3,6-7,11H,4-5,8-9H2,1H3. The van der Waals surface area contributed by atoms with Crippen molar-refractivity contribution in [1.82, 2.24) is 4.31 Å². The van der Waals surface area contributed by atoms with Gasteiger partial charge in [-0.1, -0.05) is 12.1 Å². The molecule has 0 unspecified atom stereocenters. The highest BCUT2D eigenvalue weighted by Gasteiger charge is 2.34. The van der Waals surface area contributed by atoms with Gasteiger partial charge in [-0.3, -0.25) is 0 Å². The molecule has 0 aromatic heterocycles. The first kappa shape index (κ1) is 12.9. The van der Waals surface area contributed by atoms with Crippen molar-refractivity contribution < 1.29 is 8.42 Å². The molecule has 0 radical (unpaired) electrons. The Balaban J connectivity index is 2.20. The Kier molecular flexibility index (Phi) is 3.76. The number of nitrogens with zero attached hydrogens (tertiary/aromatic N) is 1. The number of hydrogen-bond donors (Lipinski definition) is 0. The number of halogens is 1. The third-order valence-electron chi connectivity index (χ3n) is 3.04. The van der Waals surface area contributed by atoms with E-state index in [0.29, 0.717) is 10.8 Å². The van der Waals surface area contributed by atoms with Gasteiger partial charge >= 0.3 is 0 Å². The Morgan fingerprint density at radius 1 is 1.29 bits per heavy atom. The molecule has 0 bridgehead atoms. The fourth-order valence-electron chi connectivity index (χ4n) is 1.74. The molecule has 1 saturated carbocycles. The molecule has 5 heteroatoms. The lowest BCUT2D eigenvalue weighted by molar-refractivity contribution is 0.464. The van der Waals surface area contributed by atoms with E-state index < -0.39 is 10.0 Å². The van der Waals surface area contributed by atoms with Gasteiger partial charge in [-0.05, 0) is 37.0 Å². The van der Waals surface area contributed by atoms with Crippen LogP contribution in [-0.2, 0) is 16.4 Å². The maximum atomic E-state index is 12.2. The zero-order valence-electron chi connectivity index (χ0n) is 9.77. The molecule has 0 spiro atoms. The average molecular weight is 274 g/mol. The van der Waals surface area contributed by atoms with Crippen LogP contribution in [0, 0.1) is 0 Å². The van der Waals surface area contributed by atoms with Gasteiger partial charge in [0, 0.05) is 19.0 Å². The highest BCUT2D eigenvalue weighted by Crippen LogP contribution is 2.30. The zero-order chi connectivity index (χ0) is 12.5. The third kappa shape index (κ3) is 2.81. The zero-order valence-corrected chi connectivity index (χ0v) is 11.3. The summed E-state index contributed by atoms with van der Waals surface area (Å²) in [4.78, 5) is 0.366. The summed E-state index contributed by atoms with van der Waals surface area (Å²) < 4.78 is 25.8. The molecule has 94 valence electrons. The van der Waals surface area contributed by atoms with Crippen LogP contribution in [-0.4, -0.2) is 31.7 Å². The Morgan fingerprint density at radius 3 is 2.35 bits per heavy atom. The van der Waals surface area contributed by atoms with Gasteiger partial charge in [-0.2, -0.15) is 4.31 Å². The van der Waals surface area contributed by atoms with Crippen LogP contribution in [0.4, 0.5) is 0 Å². The Bertz CT molecular complexity index is 480. The quantitative estimate of drug-likeness (QED) is 0.772. The minimum absolute atomic E-state index is 0.197. The summed E-state index contributed by atoms with van der Waals surface area (Å²) in [7, 11) is -1.65. The van der Waals surface area contributed by atoms with Crippen molar-refractivity contribution in [3.05, 3.63) is 29.8 Å². The second kappa shape index (κ2) is 4.96. The first-order valence-corrected chi connectivity index (χ1v) is 7.66. The first-order chi connectivity index (χ1) is 8.05. The molecule has 1 aliphatic rings. The minimum Gasteiger partial charge on any atom is -0.207 e. The predicted octanol–water partition coefficient (Wildman–Crippen LogP) is 2.25. The van der Waals surface area contributed by atoms with Gasteiger partial charge in [0.1, 0.15) is 0 Å². The molecule has 1 aliphatic carbocycles. The van der Waals surface area contributed by atoms with E-state index in [9.17, 15) is 8.42 Å². The maximum absolute atomic E-state index is 12.2. The monoisotopic (exact) mass is 273 g/mol. The molecular formula is C12H16ClNO2S. The predicted molar refractivity (Wildman–Crippen MR) is 68.8 cm³/mol. The van der Waals surface area contributed by atoms with E-state index in [2.05, 4.69) is 0 Å². The van der Waals surface area contributed by atoms with E-state index in [-0.39, 0.29) is 6.04 Å². The van der Waals surface area contributed by atoms with Crippen molar-refractivity contribution >= 4 is 21.6 Å². The number of hydrogen-bond acceptors (Lipinski definition) is 2. The molecule has 2 rings (SSSR count). The van der Waals surface area contributed by atoms with E-state index in [1.54, 1.807) is 19.2 Å². The van der Waals surface area contributed by atoms with Gasteiger partial charge in [0.2, 0.25) is 10.0 Å². The highest BCUT2D eigenvalue weighted by molar-refractivity contribution is 7.89. The molecule has 1 aromatic carbocycles. The lowest BCUT2D eigenvalue weighted by atomic mass is 10.2. The molecule has 3 nitrogen and oxygen atoms in total. The average Bonchev–Trinajstić information content (AvgIpc) is 3.13. The van der Waals surface area contributed by atoms with Crippen molar-refractivity contribution in [3.8, 4) is 0 Å². The Labute approximate surface area is 107 Å². The SMILES string of the molecule is CN(C1CC1)S(=O)(=O)c1ccc(CCCl)cc1. The number of benzene rings is 1. The summed E-state index contributed by atoms with van der Waals surface area (Å²) in [6, 6.07) is 7.18. The van der Waals surface area contributed by atoms with Gasteiger partial charge in [-0.15, -0.1) is 11.6 Å². The van der Waals surface area contributed by atoms with Crippen molar-refractivity contribution in [2.75, 3.05) is 12.9 Å². The second-order valence-electron chi connectivity index (χ2n) is 4.34. The lowest BCUT2D eigenvalue weighted by Crippen LogP contribution is -2.28. The third-order valence-corrected chi connectivity index (χ3v) is 5.16. The van der Waals surface area contributed by atoms with Gasteiger partial charge in [0.15, 0.2) is 0 Å². The molecule has 0 N–H and O–H groups in total. The molecule has 0 saturated heterocycles. The summed E-state index contributed by atoms with van der Waals surface area (Å²) >= 11 is 5.64. The summed E-state index contributed by atoms with van der Waals surface area (Å²) in [5.41, 5.74) is 1.06. The summed E-state index contributed by atoms with van der Waals surface area (Å²) in [6.45, 7) is 0. The summed E-state index contributed by atoms with van der Waals surface area (Å²) in [5.74, 6) is 0.550. The highest BCUT2D eigenvalue weighted by atomic mass is 35.5. The summed E-state index contributed by atoms with van der Waals surface area (Å²) in [5, 5.41) is 0. The molecule has 0 amide bonds. The van der Waals surface area contributed by atoms with E-state index in [1.165, 1.54) is 4.31 Å².